The van der Waals surface area contributed by atoms with E-state index in [1.54, 1.807) is 6.92 Å². The summed E-state index contributed by atoms with van der Waals surface area (Å²) >= 11 is 0. The van der Waals surface area contributed by atoms with Crippen LogP contribution in [0.4, 0.5) is 0 Å². The molecule has 1 N–H and O–H groups in total. The SMILES string of the molecule is CO/C=N/N=C\[C@@H](C)O[NH-].[Y]. The Balaban J connectivity index is 0. The summed E-state index contributed by atoms with van der Waals surface area (Å²) in [6, 6.07) is 0. The Morgan fingerprint density at radius 3 is 2.55 bits per heavy atom. The third-order valence-electron chi connectivity index (χ3n) is 0.682. The van der Waals surface area contributed by atoms with Crippen LogP contribution in [0.1, 0.15) is 6.92 Å². The Morgan fingerprint density at radius 2 is 2.09 bits per heavy atom. The molecule has 5 nitrogen and oxygen atoms in total. The molecule has 0 aliphatic carbocycles. The Hall–Kier alpha value is 0.164. The molecule has 1 radical (unpaired) electrons. The smallest absolute Gasteiger partial charge is 0.194 e. The molecule has 6 heteroatoms. The van der Waals surface area contributed by atoms with Crippen LogP contribution in [0.25, 0.3) is 5.90 Å². The summed E-state index contributed by atoms with van der Waals surface area (Å²) in [5.74, 6) is 6.41. The molecule has 0 aromatic rings. The van der Waals surface area contributed by atoms with E-state index in [2.05, 4.69) is 19.8 Å². The van der Waals surface area contributed by atoms with Crippen molar-refractivity contribution in [3.05, 3.63) is 5.90 Å². The summed E-state index contributed by atoms with van der Waals surface area (Å²) in [6.45, 7) is 1.68. The van der Waals surface area contributed by atoms with E-state index in [1.807, 2.05) is 0 Å². The van der Waals surface area contributed by atoms with Gasteiger partial charge >= 0.3 is 0 Å². The normalized spacial score (nSPS) is 13.4. The van der Waals surface area contributed by atoms with Crippen molar-refractivity contribution in [1.29, 1.82) is 0 Å². The van der Waals surface area contributed by atoms with E-state index in [1.165, 1.54) is 19.7 Å². The molecule has 0 unspecified atom stereocenters. The fourth-order valence-corrected chi connectivity index (χ4v) is 0.237. The van der Waals surface area contributed by atoms with Gasteiger partial charge in [0.15, 0.2) is 6.40 Å². The number of hydrogen-bond donors (Lipinski definition) is 0. The summed E-state index contributed by atoms with van der Waals surface area (Å²) in [5, 5.41) is 6.94. The monoisotopic (exact) mass is 233 g/mol. The van der Waals surface area contributed by atoms with Crippen LogP contribution in [0.5, 0.6) is 0 Å². The molecule has 0 rings (SSSR count). The van der Waals surface area contributed by atoms with Gasteiger partial charge in [-0.1, -0.05) is 0 Å². The number of methoxy groups -OCH3 is 1. The van der Waals surface area contributed by atoms with Gasteiger partial charge in [-0.3, -0.25) is 0 Å². The van der Waals surface area contributed by atoms with Gasteiger partial charge in [-0.15, -0.1) is 5.10 Å². The van der Waals surface area contributed by atoms with Gasteiger partial charge in [0.1, 0.15) is 0 Å². The first-order valence-electron chi connectivity index (χ1n) is 2.71. The third-order valence-corrected chi connectivity index (χ3v) is 0.682. The van der Waals surface area contributed by atoms with Gasteiger partial charge in [0, 0.05) is 32.7 Å². The number of hydrogen-bond acceptors (Lipinski definition) is 4. The minimum atomic E-state index is -0.339. The first-order valence-corrected chi connectivity index (χ1v) is 2.71. The van der Waals surface area contributed by atoms with Crippen LogP contribution in [0, 0.1) is 0 Å². The van der Waals surface area contributed by atoms with Crippen LogP contribution in [-0.2, 0) is 42.3 Å². The van der Waals surface area contributed by atoms with E-state index in [9.17, 15) is 0 Å². The first-order chi connectivity index (χ1) is 4.81. The molecular formula is C5H10N3O2Y-. The molecule has 0 aromatic heterocycles. The second-order valence-electron chi connectivity index (χ2n) is 1.54. The Morgan fingerprint density at radius 1 is 1.45 bits per heavy atom. The molecular weight excluding hydrogens is 223 g/mol. The molecule has 0 bridgehead atoms. The summed E-state index contributed by atoms with van der Waals surface area (Å²) in [5.41, 5.74) is 0. The minimum absolute atomic E-state index is 0. The molecule has 11 heavy (non-hydrogen) atoms. The summed E-state index contributed by atoms with van der Waals surface area (Å²) in [7, 11) is 1.48. The van der Waals surface area contributed by atoms with E-state index in [0.717, 1.165) is 0 Å². The van der Waals surface area contributed by atoms with E-state index >= 15 is 0 Å². The molecule has 0 heterocycles. The molecule has 0 saturated carbocycles. The molecule has 0 amide bonds. The molecule has 1 atom stereocenters. The average molecular weight is 233 g/mol. The quantitative estimate of drug-likeness (QED) is 0.413. The van der Waals surface area contributed by atoms with Crippen molar-refractivity contribution in [3.63, 3.8) is 0 Å². The number of ether oxygens (including phenoxy) is 1. The maximum atomic E-state index is 6.41. The average Bonchev–Trinajstić information content (AvgIpc) is 1.98. The largest absolute Gasteiger partial charge is 0.549 e. The first kappa shape index (κ1) is 13.7. The molecule has 0 aromatic carbocycles. The summed E-state index contributed by atoms with van der Waals surface area (Å²) in [6.07, 6.45) is 2.24. The van der Waals surface area contributed by atoms with E-state index < -0.39 is 0 Å². The van der Waals surface area contributed by atoms with Gasteiger partial charge in [0.05, 0.1) is 19.4 Å². The second kappa shape index (κ2) is 10.2. The topological polar surface area (TPSA) is 67.0 Å². The van der Waals surface area contributed by atoms with Crippen molar-refractivity contribution in [2.45, 2.75) is 13.0 Å². The van der Waals surface area contributed by atoms with E-state index in [0.29, 0.717) is 0 Å². The number of nitrogens with one attached hydrogen (secondary N) is 1. The molecule has 0 aliphatic heterocycles. The Labute approximate surface area is 90.9 Å². The number of nitrogens with zero attached hydrogens (tertiary/aromatic N) is 2. The summed E-state index contributed by atoms with van der Waals surface area (Å²) < 4.78 is 4.46. The van der Waals surface area contributed by atoms with Gasteiger partial charge in [-0.05, 0) is 6.92 Å². The Kier molecular flexibility index (Phi) is 12.7. The van der Waals surface area contributed by atoms with Gasteiger partial charge in [0.2, 0.25) is 0 Å². The van der Waals surface area contributed by atoms with Crippen molar-refractivity contribution in [1.82, 2.24) is 0 Å². The van der Waals surface area contributed by atoms with Crippen LogP contribution in [0.15, 0.2) is 10.2 Å². The number of rotatable bonds is 4. The third kappa shape index (κ3) is 10.2. The fourth-order valence-electron chi connectivity index (χ4n) is 0.237. The van der Waals surface area contributed by atoms with Crippen LogP contribution in [0.3, 0.4) is 0 Å². The van der Waals surface area contributed by atoms with E-state index in [-0.39, 0.29) is 38.8 Å². The second-order valence-corrected chi connectivity index (χ2v) is 1.54. The fraction of sp³-hybridized carbons (Fsp3) is 0.600. The van der Waals surface area contributed by atoms with Crippen molar-refractivity contribution in [2.75, 3.05) is 7.11 Å². The van der Waals surface area contributed by atoms with E-state index in [4.69, 9.17) is 5.90 Å². The molecule has 0 aliphatic rings. The maximum Gasteiger partial charge on any atom is 0.194 e. The van der Waals surface area contributed by atoms with Crippen molar-refractivity contribution < 1.29 is 42.3 Å². The predicted octanol–water partition coefficient (Wildman–Crippen LogP) is 1.02. The van der Waals surface area contributed by atoms with Gasteiger partial charge in [-0.2, -0.15) is 5.10 Å². The Bertz CT molecular complexity index is 129. The molecule has 0 saturated heterocycles. The van der Waals surface area contributed by atoms with Crippen molar-refractivity contribution in [2.24, 2.45) is 10.2 Å². The van der Waals surface area contributed by atoms with Gasteiger partial charge in [-0.25, -0.2) is 0 Å². The molecule has 61 valence electrons. The zero-order valence-corrected chi connectivity index (χ0v) is 9.36. The van der Waals surface area contributed by atoms with Crippen LogP contribution in [0.2, 0.25) is 0 Å². The maximum absolute atomic E-state index is 6.41. The van der Waals surface area contributed by atoms with Gasteiger partial charge in [0.25, 0.3) is 0 Å². The predicted molar refractivity (Wildman–Crippen MR) is 38.9 cm³/mol. The van der Waals surface area contributed by atoms with Crippen LogP contribution < -0.4 is 0 Å². The molecule has 0 spiro atoms. The zero-order chi connectivity index (χ0) is 7.82. The van der Waals surface area contributed by atoms with Crippen molar-refractivity contribution in [3.8, 4) is 0 Å². The minimum Gasteiger partial charge on any atom is -0.549 e. The van der Waals surface area contributed by atoms with Crippen molar-refractivity contribution >= 4 is 12.6 Å². The van der Waals surface area contributed by atoms with Crippen LogP contribution in [-0.4, -0.2) is 25.8 Å². The molecule has 0 fully saturated rings. The zero-order valence-electron chi connectivity index (χ0n) is 6.52. The summed E-state index contributed by atoms with van der Waals surface area (Å²) in [4.78, 5) is 4.12. The van der Waals surface area contributed by atoms with Gasteiger partial charge < -0.3 is 15.5 Å². The van der Waals surface area contributed by atoms with Crippen LogP contribution >= 0.6 is 0 Å². The standard InChI is InChI=1S/C5H10N3O2.Y/c1-5(10-6)3-7-8-4-9-2;/h3-6H,1-2H3;/q-1;/b7-3-,8-4+;/t5-;/m1./s1.